The zero-order valence-corrected chi connectivity index (χ0v) is 16.9. The van der Waals surface area contributed by atoms with E-state index in [0.29, 0.717) is 11.3 Å². The lowest BCUT2D eigenvalue weighted by atomic mass is 10.1. The molecule has 1 amide bonds. The molecule has 1 fully saturated rings. The van der Waals surface area contributed by atoms with Crippen LogP contribution in [0.2, 0.25) is 0 Å². The zero-order valence-electron chi connectivity index (χ0n) is 16.9. The third-order valence-electron chi connectivity index (χ3n) is 5.35. The van der Waals surface area contributed by atoms with Crippen molar-refractivity contribution >= 4 is 17.4 Å². The minimum absolute atomic E-state index is 0.142. The lowest BCUT2D eigenvalue weighted by molar-refractivity contribution is 0.102. The average molecular weight is 408 g/mol. The molecule has 1 atom stereocenters. The van der Waals surface area contributed by atoms with Crippen molar-refractivity contribution in [1.29, 1.82) is 0 Å². The number of rotatable bonds is 4. The summed E-state index contributed by atoms with van der Waals surface area (Å²) >= 11 is 0. The predicted molar refractivity (Wildman–Crippen MR) is 115 cm³/mol. The normalized spacial score (nSPS) is 16.9. The van der Waals surface area contributed by atoms with Gasteiger partial charge in [-0.2, -0.15) is 5.10 Å². The average Bonchev–Trinajstić information content (AvgIpc) is 2.97. The topological polar surface area (TPSA) is 89.1 Å². The number of aromatic nitrogens is 3. The Bertz CT molecular complexity index is 1040. The van der Waals surface area contributed by atoms with Crippen molar-refractivity contribution in [3.63, 3.8) is 0 Å². The van der Waals surface area contributed by atoms with Gasteiger partial charge in [-0.25, -0.2) is 9.37 Å². The summed E-state index contributed by atoms with van der Waals surface area (Å²) in [6, 6.07) is 11.8. The molecule has 0 saturated carbocycles. The SMILES string of the molecule is Cn1ncc(NC(=O)c2ccc(F)c(-c3ccccc3)n2)c1N1CCC[C@@H](N)CC1. The Hall–Kier alpha value is -3.26. The van der Waals surface area contributed by atoms with Crippen LogP contribution in [0.3, 0.4) is 0 Å². The van der Waals surface area contributed by atoms with Crippen LogP contribution in [0.5, 0.6) is 0 Å². The van der Waals surface area contributed by atoms with Crippen LogP contribution in [-0.2, 0) is 7.05 Å². The standard InChI is InChI=1S/C22H25FN6O/c1-28-22(29-12-5-8-16(24)11-13-29)19(14-25-28)27-21(30)18-10-9-17(23)20(26-18)15-6-3-2-4-7-15/h2-4,6-7,9-10,14,16H,5,8,11-13,24H2,1H3,(H,27,30)/t16-/m1/s1. The van der Waals surface area contributed by atoms with Gasteiger partial charge < -0.3 is 16.0 Å². The molecule has 156 valence electrons. The van der Waals surface area contributed by atoms with Crippen molar-refractivity contribution in [2.75, 3.05) is 23.3 Å². The molecule has 3 heterocycles. The molecular weight excluding hydrogens is 383 g/mol. The van der Waals surface area contributed by atoms with Crippen LogP contribution in [0, 0.1) is 5.82 Å². The Morgan fingerprint density at radius 2 is 1.97 bits per heavy atom. The van der Waals surface area contributed by atoms with E-state index < -0.39 is 11.7 Å². The number of nitrogens with one attached hydrogen (secondary N) is 1. The number of nitrogens with zero attached hydrogens (tertiary/aromatic N) is 4. The summed E-state index contributed by atoms with van der Waals surface area (Å²) in [6.07, 6.45) is 4.48. The Kier molecular flexibility index (Phi) is 5.76. The van der Waals surface area contributed by atoms with E-state index in [9.17, 15) is 9.18 Å². The van der Waals surface area contributed by atoms with Gasteiger partial charge in [-0.3, -0.25) is 9.48 Å². The highest BCUT2D eigenvalue weighted by atomic mass is 19.1. The summed E-state index contributed by atoms with van der Waals surface area (Å²) in [7, 11) is 1.85. The third-order valence-corrected chi connectivity index (χ3v) is 5.35. The van der Waals surface area contributed by atoms with Gasteiger partial charge in [-0.05, 0) is 31.4 Å². The number of hydrogen-bond acceptors (Lipinski definition) is 5. The number of pyridine rings is 1. The first-order valence-electron chi connectivity index (χ1n) is 10.1. The minimum Gasteiger partial charge on any atom is -0.355 e. The Morgan fingerprint density at radius 1 is 1.17 bits per heavy atom. The fourth-order valence-corrected chi connectivity index (χ4v) is 3.78. The number of carbonyl (C=O) groups is 1. The molecule has 0 bridgehead atoms. The van der Waals surface area contributed by atoms with Crippen molar-refractivity contribution in [3.05, 3.63) is 60.2 Å². The zero-order chi connectivity index (χ0) is 21.1. The van der Waals surface area contributed by atoms with Gasteiger partial charge in [0.25, 0.3) is 5.91 Å². The summed E-state index contributed by atoms with van der Waals surface area (Å²) in [5.74, 6) is -0.0449. The molecule has 0 radical (unpaired) electrons. The summed E-state index contributed by atoms with van der Waals surface area (Å²) in [6.45, 7) is 1.65. The largest absolute Gasteiger partial charge is 0.355 e. The Labute approximate surface area is 174 Å². The van der Waals surface area contributed by atoms with Crippen molar-refractivity contribution in [1.82, 2.24) is 14.8 Å². The molecule has 0 unspecified atom stereocenters. The minimum atomic E-state index is -0.472. The number of amides is 1. The van der Waals surface area contributed by atoms with E-state index >= 15 is 0 Å². The van der Waals surface area contributed by atoms with Gasteiger partial charge in [0.05, 0.1) is 6.20 Å². The van der Waals surface area contributed by atoms with Crippen molar-refractivity contribution < 1.29 is 9.18 Å². The highest BCUT2D eigenvalue weighted by molar-refractivity contribution is 6.04. The van der Waals surface area contributed by atoms with Crippen molar-refractivity contribution in [3.8, 4) is 11.3 Å². The van der Waals surface area contributed by atoms with Crippen LogP contribution in [0.15, 0.2) is 48.7 Å². The van der Waals surface area contributed by atoms with E-state index in [1.165, 1.54) is 12.1 Å². The first-order valence-corrected chi connectivity index (χ1v) is 10.1. The monoisotopic (exact) mass is 408 g/mol. The summed E-state index contributed by atoms with van der Waals surface area (Å²) < 4.78 is 16.1. The van der Waals surface area contributed by atoms with E-state index in [2.05, 4.69) is 20.3 Å². The van der Waals surface area contributed by atoms with Gasteiger partial charge in [-0.15, -0.1) is 0 Å². The summed E-state index contributed by atoms with van der Waals surface area (Å²) in [5, 5.41) is 7.21. The Morgan fingerprint density at radius 3 is 2.77 bits per heavy atom. The van der Waals surface area contributed by atoms with E-state index in [-0.39, 0.29) is 17.4 Å². The maximum absolute atomic E-state index is 14.3. The second-order valence-corrected chi connectivity index (χ2v) is 7.53. The van der Waals surface area contributed by atoms with E-state index in [1.807, 2.05) is 13.1 Å². The number of aryl methyl sites for hydroxylation is 1. The number of halogens is 1. The highest BCUT2D eigenvalue weighted by Crippen LogP contribution is 2.28. The molecule has 1 aliphatic heterocycles. The maximum atomic E-state index is 14.3. The molecule has 4 rings (SSSR count). The van der Waals surface area contributed by atoms with Crippen LogP contribution in [0.25, 0.3) is 11.3 Å². The molecule has 3 aromatic rings. The summed E-state index contributed by atoms with van der Waals surface area (Å²) in [5.41, 5.74) is 7.61. The second kappa shape index (κ2) is 8.62. The molecule has 30 heavy (non-hydrogen) atoms. The lowest BCUT2D eigenvalue weighted by Crippen LogP contribution is -2.29. The van der Waals surface area contributed by atoms with Gasteiger partial charge >= 0.3 is 0 Å². The van der Waals surface area contributed by atoms with Crippen LogP contribution < -0.4 is 16.0 Å². The van der Waals surface area contributed by atoms with Crippen molar-refractivity contribution in [2.24, 2.45) is 12.8 Å². The molecule has 0 aliphatic carbocycles. The first-order chi connectivity index (χ1) is 14.5. The number of anilines is 2. The molecule has 2 aromatic heterocycles. The quantitative estimate of drug-likeness (QED) is 0.692. The number of carbonyl (C=O) groups excluding carboxylic acids is 1. The fraction of sp³-hybridized carbons (Fsp3) is 0.318. The van der Waals surface area contributed by atoms with Crippen LogP contribution >= 0.6 is 0 Å². The maximum Gasteiger partial charge on any atom is 0.274 e. The molecule has 8 heteroatoms. The van der Waals surface area contributed by atoms with E-state index in [4.69, 9.17) is 5.73 Å². The predicted octanol–water partition coefficient (Wildman–Crippen LogP) is 3.19. The van der Waals surface area contributed by atoms with Gasteiger partial charge in [0, 0.05) is 31.7 Å². The third kappa shape index (κ3) is 4.18. The van der Waals surface area contributed by atoms with Gasteiger partial charge in [-0.1, -0.05) is 30.3 Å². The smallest absolute Gasteiger partial charge is 0.274 e. The molecule has 0 spiro atoms. The number of hydrogen-bond donors (Lipinski definition) is 2. The molecular formula is C22H25FN6O. The first kappa shape index (κ1) is 20.0. The van der Waals surface area contributed by atoms with Crippen LogP contribution in [0.4, 0.5) is 15.9 Å². The fourth-order valence-electron chi connectivity index (χ4n) is 3.78. The lowest BCUT2D eigenvalue weighted by Gasteiger charge is -2.24. The number of benzene rings is 1. The van der Waals surface area contributed by atoms with Crippen molar-refractivity contribution in [2.45, 2.75) is 25.3 Å². The highest BCUT2D eigenvalue weighted by Gasteiger charge is 2.22. The van der Waals surface area contributed by atoms with Gasteiger partial charge in [0.15, 0.2) is 5.82 Å². The number of nitrogens with two attached hydrogens (primary N) is 1. The van der Waals surface area contributed by atoms with Gasteiger partial charge in [0.1, 0.15) is 22.9 Å². The van der Waals surface area contributed by atoms with Gasteiger partial charge in [0.2, 0.25) is 0 Å². The molecule has 3 N–H and O–H groups in total. The molecule has 1 saturated heterocycles. The molecule has 7 nitrogen and oxygen atoms in total. The Balaban J connectivity index is 1.58. The molecule has 1 aromatic carbocycles. The second-order valence-electron chi connectivity index (χ2n) is 7.53. The molecule has 1 aliphatic rings. The van der Waals surface area contributed by atoms with E-state index in [0.717, 1.165) is 38.2 Å². The summed E-state index contributed by atoms with van der Waals surface area (Å²) in [4.78, 5) is 19.4. The van der Waals surface area contributed by atoms with E-state index in [1.54, 1.807) is 35.1 Å². The van der Waals surface area contributed by atoms with Crippen LogP contribution in [-0.4, -0.2) is 39.8 Å². The van der Waals surface area contributed by atoms with Crippen LogP contribution in [0.1, 0.15) is 29.8 Å².